The molecule has 0 radical (unpaired) electrons. The molecular weight excluding hydrogens is 240 g/mol. The Kier molecular flexibility index (Phi) is 4.26. The van der Waals surface area contributed by atoms with E-state index in [-0.39, 0.29) is 17.7 Å². The van der Waals surface area contributed by atoms with Crippen LogP contribution >= 0.6 is 0 Å². The average Bonchev–Trinajstić information content (AvgIpc) is 3.22. The normalized spacial score (nSPS) is 22.8. The number of carbonyl (C=O) groups excluding carboxylic acids is 2. The largest absolute Gasteiger partial charge is 0.339 e. The summed E-state index contributed by atoms with van der Waals surface area (Å²) in [6.45, 7) is 4.98. The first-order valence-electron chi connectivity index (χ1n) is 6.80. The number of nitrogens with zero attached hydrogens (tertiary/aromatic N) is 2. The molecule has 102 valence electrons. The van der Waals surface area contributed by atoms with Gasteiger partial charge in [0.15, 0.2) is 0 Å². The fraction of sp³-hybridized carbons (Fsp3) is 0.600. The monoisotopic (exact) mass is 260 g/mol. The molecule has 0 aromatic rings. The van der Waals surface area contributed by atoms with Gasteiger partial charge in [-0.1, -0.05) is 12.0 Å². The highest BCUT2D eigenvalue weighted by atomic mass is 16.2. The van der Waals surface area contributed by atoms with E-state index in [2.05, 4.69) is 12.5 Å². The predicted molar refractivity (Wildman–Crippen MR) is 73.1 cm³/mol. The predicted octanol–water partition coefficient (Wildman–Crippen LogP) is 1.04. The third-order valence-corrected chi connectivity index (χ3v) is 3.72. The molecule has 2 fully saturated rings. The van der Waals surface area contributed by atoms with Crippen molar-refractivity contribution in [2.75, 3.05) is 19.6 Å². The SMILES string of the molecule is C#CCN(CC=C)C(=O)C1CCC(=O)N(C2CC2)C1. The summed E-state index contributed by atoms with van der Waals surface area (Å²) in [5.74, 6) is 2.64. The summed E-state index contributed by atoms with van der Waals surface area (Å²) in [4.78, 5) is 27.8. The lowest BCUT2D eigenvalue weighted by atomic mass is 9.95. The summed E-state index contributed by atoms with van der Waals surface area (Å²) < 4.78 is 0. The number of carbonyl (C=O) groups is 2. The molecule has 0 spiro atoms. The molecular formula is C15H20N2O2. The Morgan fingerprint density at radius 2 is 2.26 bits per heavy atom. The third kappa shape index (κ3) is 3.17. The van der Waals surface area contributed by atoms with Gasteiger partial charge in [0.2, 0.25) is 11.8 Å². The molecule has 1 heterocycles. The topological polar surface area (TPSA) is 40.6 Å². The second-order valence-electron chi connectivity index (χ2n) is 5.22. The van der Waals surface area contributed by atoms with Crippen molar-refractivity contribution in [2.24, 2.45) is 5.92 Å². The van der Waals surface area contributed by atoms with Gasteiger partial charge < -0.3 is 9.80 Å². The number of terminal acetylenes is 1. The Hall–Kier alpha value is -1.76. The van der Waals surface area contributed by atoms with E-state index < -0.39 is 0 Å². The molecule has 4 nitrogen and oxygen atoms in total. The molecule has 19 heavy (non-hydrogen) atoms. The highest BCUT2D eigenvalue weighted by Gasteiger charge is 2.39. The first-order valence-corrected chi connectivity index (χ1v) is 6.80. The molecule has 0 aromatic carbocycles. The van der Waals surface area contributed by atoms with Crippen molar-refractivity contribution in [3.63, 3.8) is 0 Å². The second-order valence-corrected chi connectivity index (χ2v) is 5.22. The maximum absolute atomic E-state index is 12.4. The molecule has 0 aromatic heterocycles. The van der Waals surface area contributed by atoms with Gasteiger partial charge in [-0.2, -0.15) is 0 Å². The number of hydrogen-bond acceptors (Lipinski definition) is 2. The lowest BCUT2D eigenvalue weighted by Gasteiger charge is -2.34. The fourth-order valence-corrected chi connectivity index (χ4v) is 2.57. The number of likely N-dealkylation sites (tertiary alicyclic amines) is 1. The number of hydrogen-bond donors (Lipinski definition) is 0. The van der Waals surface area contributed by atoms with Crippen LogP contribution < -0.4 is 0 Å². The summed E-state index contributed by atoms with van der Waals surface area (Å²) in [5, 5.41) is 0. The van der Waals surface area contributed by atoms with Gasteiger partial charge in [-0.15, -0.1) is 13.0 Å². The van der Waals surface area contributed by atoms with Crippen molar-refractivity contribution in [2.45, 2.75) is 31.7 Å². The Morgan fingerprint density at radius 1 is 1.53 bits per heavy atom. The van der Waals surface area contributed by atoms with Crippen molar-refractivity contribution >= 4 is 11.8 Å². The highest BCUT2D eigenvalue weighted by Crippen LogP contribution is 2.32. The van der Waals surface area contributed by atoms with E-state index in [0.29, 0.717) is 38.5 Å². The van der Waals surface area contributed by atoms with Gasteiger partial charge in [0, 0.05) is 25.6 Å². The number of rotatable bonds is 5. The van der Waals surface area contributed by atoms with Crippen LogP contribution in [-0.2, 0) is 9.59 Å². The maximum Gasteiger partial charge on any atom is 0.228 e. The molecule has 1 unspecified atom stereocenters. The fourth-order valence-electron chi connectivity index (χ4n) is 2.57. The minimum Gasteiger partial charge on any atom is -0.339 e. The van der Waals surface area contributed by atoms with Crippen LogP contribution in [0, 0.1) is 18.3 Å². The summed E-state index contributed by atoms with van der Waals surface area (Å²) in [6, 6.07) is 0.378. The molecule has 1 aliphatic heterocycles. The molecule has 2 amide bonds. The molecule has 2 rings (SSSR count). The van der Waals surface area contributed by atoms with E-state index in [1.807, 2.05) is 4.90 Å². The molecule has 1 atom stereocenters. The van der Waals surface area contributed by atoms with Crippen LogP contribution in [0.25, 0.3) is 0 Å². The van der Waals surface area contributed by atoms with Crippen LogP contribution in [-0.4, -0.2) is 47.3 Å². The van der Waals surface area contributed by atoms with Crippen LogP contribution in [0.2, 0.25) is 0 Å². The van der Waals surface area contributed by atoms with E-state index >= 15 is 0 Å². The van der Waals surface area contributed by atoms with E-state index in [1.54, 1.807) is 11.0 Å². The van der Waals surface area contributed by atoms with Gasteiger partial charge in [0.05, 0.1) is 12.5 Å². The zero-order valence-corrected chi connectivity index (χ0v) is 11.2. The minimum absolute atomic E-state index is 0.0519. The molecule has 1 saturated heterocycles. The molecule has 1 saturated carbocycles. The average molecular weight is 260 g/mol. The Labute approximate surface area is 114 Å². The van der Waals surface area contributed by atoms with E-state index in [0.717, 1.165) is 12.8 Å². The van der Waals surface area contributed by atoms with Gasteiger partial charge in [-0.05, 0) is 19.3 Å². The smallest absolute Gasteiger partial charge is 0.228 e. The van der Waals surface area contributed by atoms with Crippen molar-refractivity contribution < 1.29 is 9.59 Å². The van der Waals surface area contributed by atoms with Crippen LogP contribution in [0.5, 0.6) is 0 Å². The second kappa shape index (κ2) is 5.92. The van der Waals surface area contributed by atoms with Crippen molar-refractivity contribution in [3.8, 4) is 12.3 Å². The minimum atomic E-state index is -0.105. The molecule has 4 heteroatoms. The summed E-state index contributed by atoms with van der Waals surface area (Å²) in [7, 11) is 0. The zero-order valence-electron chi connectivity index (χ0n) is 11.2. The Balaban J connectivity index is 1.99. The summed E-state index contributed by atoms with van der Waals surface area (Å²) in [6.07, 6.45) is 10.2. The van der Waals surface area contributed by atoms with Gasteiger partial charge in [-0.3, -0.25) is 9.59 Å². The summed E-state index contributed by atoms with van der Waals surface area (Å²) >= 11 is 0. The van der Waals surface area contributed by atoms with E-state index in [9.17, 15) is 9.59 Å². The molecule has 0 N–H and O–H groups in total. The third-order valence-electron chi connectivity index (χ3n) is 3.72. The van der Waals surface area contributed by atoms with Crippen LogP contribution in [0.1, 0.15) is 25.7 Å². The lowest BCUT2D eigenvalue weighted by Crippen LogP contribution is -2.48. The lowest BCUT2D eigenvalue weighted by molar-refractivity contribution is -0.142. The van der Waals surface area contributed by atoms with Gasteiger partial charge in [0.25, 0.3) is 0 Å². The Morgan fingerprint density at radius 3 is 2.84 bits per heavy atom. The number of piperidine rings is 1. The zero-order chi connectivity index (χ0) is 13.8. The van der Waals surface area contributed by atoms with E-state index in [1.165, 1.54) is 0 Å². The van der Waals surface area contributed by atoms with Crippen LogP contribution in [0.15, 0.2) is 12.7 Å². The van der Waals surface area contributed by atoms with Crippen molar-refractivity contribution in [1.82, 2.24) is 9.80 Å². The van der Waals surface area contributed by atoms with Gasteiger partial charge >= 0.3 is 0 Å². The molecule has 2 aliphatic rings. The van der Waals surface area contributed by atoms with Crippen molar-refractivity contribution in [3.05, 3.63) is 12.7 Å². The maximum atomic E-state index is 12.4. The highest BCUT2D eigenvalue weighted by molar-refractivity contribution is 5.84. The quantitative estimate of drug-likeness (QED) is 0.547. The summed E-state index contributed by atoms with van der Waals surface area (Å²) in [5.41, 5.74) is 0. The van der Waals surface area contributed by atoms with Crippen molar-refractivity contribution in [1.29, 1.82) is 0 Å². The van der Waals surface area contributed by atoms with Gasteiger partial charge in [-0.25, -0.2) is 0 Å². The number of amides is 2. The first-order chi connectivity index (χ1) is 9.17. The molecule has 0 bridgehead atoms. The van der Waals surface area contributed by atoms with E-state index in [4.69, 9.17) is 6.42 Å². The first kappa shape index (κ1) is 13.7. The van der Waals surface area contributed by atoms with Crippen LogP contribution in [0.3, 0.4) is 0 Å². The van der Waals surface area contributed by atoms with Crippen LogP contribution in [0.4, 0.5) is 0 Å². The molecule has 1 aliphatic carbocycles. The standard InChI is InChI=1S/C15H20N2O2/c1-3-9-16(10-4-2)15(19)12-5-8-14(18)17(11-12)13-6-7-13/h1,4,12-13H,2,5-11H2. The van der Waals surface area contributed by atoms with Gasteiger partial charge in [0.1, 0.15) is 0 Å². The Bertz CT molecular complexity index is 420.